The zero-order valence-corrected chi connectivity index (χ0v) is 17.6. The fourth-order valence-corrected chi connectivity index (χ4v) is 4.37. The van der Waals surface area contributed by atoms with Gasteiger partial charge < -0.3 is 10.1 Å². The largest absolute Gasteiger partial charge is 0.455 e. The van der Waals surface area contributed by atoms with Gasteiger partial charge in [-0.25, -0.2) is 4.98 Å². The zero-order chi connectivity index (χ0) is 21.2. The van der Waals surface area contributed by atoms with E-state index in [1.807, 2.05) is 102 Å². The molecule has 5 nitrogen and oxygen atoms in total. The summed E-state index contributed by atoms with van der Waals surface area (Å²) >= 11 is 1.38. The number of amides is 1. The predicted octanol–water partition coefficient (Wildman–Crippen LogP) is 6.42. The summed E-state index contributed by atoms with van der Waals surface area (Å²) in [5.74, 6) is 1.12. The molecule has 6 heteroatoms. The van der Waals surface area contributed by atoms with Crippen molar-refractivity contribution in [1.82, 2.24) is 9.38 Å². The van der Waals surface area contributed by atoms with Crippen LogP contribution >= 0.6 is 11.3 Å². The molecule has 2 heterocycles. The number of anilines is 1. The third-order valence-corrected chi connectivity index (χ3v) is 6.09. The van der Waals surface area contributed by atoms with Crippen molar-refractivity contribution in [3.05, 3.63) is 102 Å². The highest BCUT2D eigenvalue weighted by Gasteiger charge is 2.19. The quantitative estimate of drug-likeness (QED) is 0.354. The summed E-state index contributed by atoms with van der Waals surface area (Å²) in [4.78, 5) is 19.2. The van der Waals surface area contributed by atoms with Gasteiger partial charge in [0.2, 0.25) is 0 Å². The van der Waals surface area contributed by atoms with Crippen molar-refractivity contribution >= 4 is 27.9 Å². The number of imidazole rings is 1. The molecule has 5 aromatic rings. The van der Waals surface area contributed by atoms with Crippen molar-refractivity contribution in [3.8, 4) is 22.8 Å². The lowest BCUT2D eigenvalue weighted by molar-refractivity contribution is 0.102. The Morgan fingerprint density at radius 3 is 2.35 bits per heavy atom. The third-order valence-electron chi connectivity index (χ3n) is 4.94. The molecular weight excluding hydrogens is 406 g/mol. The molecule has 0 aliphatic carbocycles. The van der Waals surface area contributed by atoms with Gasteiger partial charge in [0.25, 0.3) is 5.91 Å². The Kier molecular flexibility index (Phi) is 4.98. The maximum atomic E-state index is 13.1. The molecule has 0 bridgehead atoms. The predicted molar refractivity (Wildman–Crippen MR) is 124 cm³/mol. The highest BCUT2D eigenvalue weighted by molar-refractivity contribution is 7.19. The van der Waals surface area contributed by atoms with Gasteiger partial charge in [-0.2, -0.15) is 0 Å². The minimum absolute atomic E-state index is 0.182. The average Bonchev–Trinajstić information content (AvgIpc) is 3.36. The molecule has 1 amide bonds. The van der Waals surface area contributed by atoms with Crippen molar-refractivity contribution in [2.24, 2.45) is 0 Å². The number of fused-ring (bicyclic) bond motifs is 1. The Morgan fingerprint density at radius 2 is 1.61 bits per heavy atom. The molecule has 0 radical (unpaired) electrons. The van der Waals surface area contributed by atoms with Crippen molar-refractivity contribution in [2.45, 2.75) is 6.92 Å². The number of nitrogens with one attached hydrogen (secondary N) is 1. The summed E-state index contributed by atoms with van der Waals surface area (Å²) < 4.78 is 7.92. The number of carbonyl (C=O) groups is 1. The summed E-state index contributed by atoms with van der Waals surface area (Å²) in [5.41, 5.74) is 3.42. The Balaban J connectivity index is 1.41. The zero-order valence-electron chi connectivity index (χ0n) is 16.8. The van der Waals surface area contributed by atoms with Crippen molar-refractivity contribution in [2.75, 3.05) is 5.32 Å². The molecular formula is C25H19N3O2S. The minimum atomic E-state index is -0.182. The van der Waals surface area contributed by atoms with Gasteiger partial charge in [-0.05, 0) is 31.2 Å². The molecule has 152 valence electrons. The lowest BCUT2D eigenvalue weighted by Gasteiger charge is -2.12. The monoisotopic (exact) mass is 425 g/mol. The molecule has 31 heavy (non-hydrogen) atoms. The number of para-hydroxylation sites is 3. The smallest absolute Gasteiger partial charge is 0.267 e. The van der Waals surface area contributed by atoms with E-state index in [0.717, 1.165) is 21.9 Å². The molecule has 0 spiro atoms. The summed E-state index contributed by atoms with van der Waals surface area (Å²) in [5, 5.41) is 2.99. The van der Waals surface area contributed by atoms with Crippen LogP contribution in [-0.4, -0.2) is 15.3 Å². The van der Waals surface area contributed by atoms with Gasteiger partial charge in [0, 0.05) is 17.5 Å². The van der Waals surface area contributed by atoms with E-state index in [-0.39, 0.29) is 5.91 Å². The third kappa shape index (κ3) is 3.81. The number of rotatable bonds is 5. The number of aromatic nitrogens is 2. The molecule has 0 saturated carbocycles. The van der Waals surface area contributed by atoms with E-state index in [1.54, 1.807) is 0 Å². The molecule has 0 atom stereocenters. The second kappa shape index (κ2) is 8.08. The highest BCUT2D eigenvalue weighted by Crippen LogP contribution is 2.31. The molecule has 1 N–H and O–H groups in total. The van der Waals surface area contributed by atoms with Gasteiger partial charge in [0.05, 0.1) is 11.4 Å². The van der Waals surface area contributed by atoms with E-state index in [0.29, 0.717) is 22.1 Å². The molecule has 0 aliphatic heterocycles. The molecule has 5 rings (SSSR count). The van der Waals surface area contributed by atoms with Crippen LogP contribution in [-0.2, 0) is 0 Å². The van der Waals surface area contributed by atoms with Gasteiger partial charge in [-0.15, -0.1) is 0 Å². The maximum Gasteiger partial charge on any atom is 0.267 e. The minimum Gasteiger partial charge on any atom is -0.455 e. The molecule has 2 aromatic heterocycles. The van der Waals surface area contributed by atoms with Crippen LogP contribution in [0.1, 0.15) is 15.4 Å². The van der Waals surface area contributed by atoms with Crippen LogP contribution < -0.4 is 10.1 Å². The van der Waals surface area contributed by atoms with E-state index in [4.69, 9.17) is 9.72 Å². The molecule has 0 saturated heterocycles. The van der Waals surface area contributed by atoms with E-state index < -0.39 is 0 Å². The number of aryl methyl sites for hydroxylation is 1. The summed E-state index contributed by atoms with van der Waals surface area (Å²) in [6.45, 7) is 1.93. The van der Waals surface area contributed by atoms with E-state index in [1.165, 1.54) is 11.3 Å². The second-order valence-electron chi connectivity index (χ2n) is 7.03. The van der Waals surface area contributed by atoms with Crippen LogP contribution in [0, 0.1) is 6.92 Å². The lowest BCUT2D eigenvalue weighted by Crippen LogP contribution is -2.12. The van der Waals surface area contributed by atoms with Crippen LogP contribution in [0.3, 0.4) is 0 Å². The molecule has 0 aliphatic rings. The maximum absolute atomic E-state index is 13.1. The number of benzene rings is 3. The average molecular weight is 426 g/mol. The number of hydrogen-bond acceptors (Lipinski definition) is 4. The summed E-state index contributed by atoms with van der Waals surface area (Å²) in [7, 11) is 0. The van der Waals surface area contributed by atoms with E-state index >= 15 is 0 Å². The van der Waals surface area contributed by atoms with Gasteiger partial charge in [-0.3, -0.25) is 9.20 Å². The van der Waals surface area contributed by atoms with Gasteiger partial charge >= 0.3 is 0 Å². The summed E-state index contributed by atoms with van der Waals surface area (Å²) in [6.07, 6.45) is 1.97. The fraction of sp³-hybridized carbons (Fsp3) is 0.0400. The fourth-order valence-electron chi connectivity index (χ4n) is 3.36. The molecule has 0 fully saturated rings. The van der Waals surface area contributed by atoms with Crippen LogP contribution in [0.25, 0.3) is 16.2 Å². The SMILES string of the molecule is Cc1c(C(=O)Nc2ccccc2Oc2ccccc2)sc2nc(-c3ccccc3)cn12. The number of thiazole rings is 1. The van der Waals surface area contributed by atoms with Gasteiger partial charge in [0.15, 0.2) is 10.7 Å². The van der Waals surface area contributed by atoms with E-state index in [9.17, 15) is 4.79 Å². The Morgan fingerprint density at radius 1 is 0.935 bits per heavy atom. The molecule has 3 aromatic carbocycles. The Hall–Kier alpha value is -3.90. The number of hydrogen-bond donors (Lipinski definition) is 1. The Labute approximate surface area is 183 Å². The Bertz CT molecular complexity index is 1360. The number of carbonyl (C=O) groups excluding carboxylic acids is 1. The first-order valence-corrected chi connectivity index (χ1v) is 10.7. The number of nitrogens with zero attached hydrogens (tertiary/aromatic N) is 2. The standard InChI is InChI=1S/C25H19N3O2S/c1-17-23(31-25-27-21(16-28(17)25)18-10-4-2-5-11-18)24(29)26-20-14-8-9-15-22(20)30-19-12-6-3-7-13-19/h2-16H,1H3,(H,26,29). The highest BCUT2D eigenvalue weighted by atomic mass is 32.1. The first-order chi connectivity index (χ1) is 15.2. The van der Waals surface area contributed by atoms with Crippen LogP contribution in [0.5, 0.6) is 11.5 Å². The normalized spacial score (nSPS) is 10.9. The number of ether oxygens (including phenoxy) is 1. The first kappa shape index (κ1) is 19.1. The van der Waals surface area contributed by atoms with Crippen molar-refractivity contribution < 1.29 is 9.53 Å². The second-order valence-corrected chi connectivity index (χ2v) is 8.00. The van der Waals surface area contributed by atoms with Crippen LogP contribution in [0.4, 0.5) is 5.69 Å². The van der Waals surface area contributed by atoms with Gasteiger partial charge in [0.1, 0.15) is 10.6 Å². The lowest BCUT2D eigenvalue weighted by atomic mass is 10.2. The molecule has 0 unspecified atom stereocenters. The van der Waals surface area contributed by atoms with Crippen LogP contribution in [0.15, 0.2) is 91.1 Å². The van der Waals surface area contributed by atoms with Gasteiger partial charge in [-0.1, -0.05) is 72.0 Å². The van der Waals surface area contributed by atoms with Crippen molar-refractivity contribution in [1.29, 1.82) is 0 Å². The summed E-state index contributed by atoms with van der Waals surface area (Å²) in [6, 6.07) is 26.9. The van der Waals surface area contributed by atoms with E-state index in [2.05, 4.69) is 5.32 Å². The topological polar surface area (TPSA) is 55.6 Å². The first-order valence-electron chi connectivity index (χ1n) is 9.86. The van der Waals surface area contributed by atoms with Crippen LogP contribution in [0.2, 0.25) is 0 Å². The van der Waals surface area contributed by atoms with Crippen molar-refractivity contribution in [3.63, 3.8) is 0 Å².